The van der Waals surface area contributed by atoms with Crippen LogP contribution in [0.3, 0.4) is 0 Å². The summed E-state index contributed by atoms with van der Waals surface area (Å²) in [5, 5.41) is 4.61. The van der Waals surface area contributed by atoms with Gasteiger partial charge in [0, 0.05) is 25.7 Å². The van der Waals surface area contributed by atoms with E-state index >= 15 is 0 Å². The zero-order valence-electron chi connectivity index (χ0n) is 14.3. The molecule has 2 aromatic rings. The number of amides is 1. The Hall–Kier alpha value is -2.44. The van der Waals surface area contributed by atoms with E-state index in [1.807, 2.05) is 4.90 Å². The summed E-state index contributed by atoms with van der Waals surface area (Å²) >= 11 is 0. The molecule has 2 aliphatic rings. The Balaban J connectivity index is 1.39. The fraction of sp³-hybridized carbons (Fsp3) is 0.556. The van der Waals surface area contributed by atoms with Gasteiger partial charge >= 0.3 is 0 Å². The predicted molar refractivity (Wildman–Crippen MR) is 92.4 cm³/mol. The molecule has 1 amide bonds. The molecule has 4 rings (SSSR count). The van der Waals surface area contributed by atoms with Gasteiger partial charge in [0.05, 0.1) is 18.2 Å². The molecule has 1 N–H and O–H groups in total. The SMILES string of the molecule is O=C(c1cnc[nH]1)N1CCC(Cn2nc3c(cc2=O)CCCC3)CC1. The van der Waals surface area contributed by atoms with Crippen LogP contribution in [0.4, 0.5) is 0 Å². The van der Waals surface area contributed by atoms with Gasteiger partial charge in [0.1, 0.15) is 5.69 Å². The van der Waals surface area contributed by atoms with Gasteiger partial charge in [0.25, 0.3) is 11.5 Å². The Morgan fingerprint density at radius 1 is 1.24 bits per heavy atom. The van der Waals surface area contributed by atoms with Crippen molar-refractivity contribution in [3.63, 3.8) is 0 Å². The van der Waals surface area contributed by atoms with E-state index < -0.39 is 0 Å². The van der Waals surface area contributed by atoms with Crippen LogP contribution in [-0.2, 0) is 19.4 Å². The Kier molecular flexibility index (Phi) is 4.38. The van der Waals surface area contributed by atoms with Crippen molar-refractivity contribution >= 4 is 5.91 Å². The lowest BCUT2D eigenvalue weighted by molar-refractivity contribution is 0.0675. The highest BCUT2D eigenvalue weighted by molar-refractivity contribution is 5.92. The minimum absolute atomic E-state index is 0.0000210. The van der Waals surface area contributed by atoms with Gasteiger partial charge in [-0.1, -0.05) is 0 Å². The average Bonchev–Trinajstić information content (AvgIpc) is 3.17. The Morgan fingerprint density at radius 3 is 2.80 bits per heavy atom. The number of carbonyl (C=O) groups is 1. The van der Waals surface area contributed by atoms with E-state index in [-0.39, 0.29) is 11.5 Å². The zero-order valence-corrected chi connectivity index (χ0v) is 14.3. The van der Waals surface area contributed by atoms with E-state index in [1.165, 1.54) is 6.33 Å². The largest absolute Gasteiger partial charge is 0.341 e. The lowest BCUT2D eigenvalue weighted by Gasteiger charge is -2.31. The maximum Gasteiger partial charge on any atom is 0.271 e. The molecule has 0 saturated carbocycles. The van der Waals surface area contributed by atoms with Crippen LogP contribution in [0.2, 0.25) is 0 Å². The maximum atomic E-state index is 12.3. The number of piperidine rings is 1. The molecule has 1 aliphatic carbocycles. The van der Waals surface area contributed by atoms with Crippen LogP contribution < -0.4 is 5.56 Å². The lowest BCUT2D eigenvalue weighted by Crippen LogP contribution is -2.40. The zero-order chi connectivity index (χ0) is 17.2. The number of aromatic amines is 1. The molecule has 0 atom stereocenters. The molecule has 25 heavy (non-hydrogen) atoms. The first kappa shape index (κ1) is 16.1. The molecule has 0 aromatic carbocycles. The number of carbonyl (C=O) groups excluding carboxylic acids is 1. The number of likely N-dealkylation sites (tertiary alicyclic amines) is 1. The number of rotatable bonds is 3. The third kappa shape index (κ3) is 3.36. The van der Waals surface area contributed by atoms with Crippen molar-refractivity contribution in [2.24, 2.45) is 5.92 Å². The average molecular weight is 341 g/mol. The smallest absolute Gasteiger partial charge is 0.271 e. The molecule has 132 valence electrons. The van der Waals surface area contributed by atoms with Crippen molar-refractivity contribution in [3.05, 3.63) is 45.9 Å². The van der Waals surface area contributed by atoms with Crippen LogP contribution in [0.15, 0.2) is 23.4 Å². The van der Waals surface area contributed by atoms with Crippen molar-refractivity contribution < 1.29 is 4.79 Å². The maximum absolute atomic E-state index is 12.3. The van der Waals surface area contributed by atoms with E-state index in [4.69, 9.17) is 0 Å². The highest BCUT2D eigenvalue weighted by Gasteiger charge is 2.25. The van der Waals surface area contributed by atoms with Crippen LogP contribution in [-0.4, -0.2) is 43.6 Å². The third-order valence-electron chi connectivity index (χ3n) is 5.34. The molecule has 1 aliphatic heterocycles. The van der Waals surface area contributed by atoms with E-state index in [0.717, 1.165) is 49.8 Å². The van der Waals surface area contributed by atoms with Crippen molar-refractivity contribution in [2.45, 2.75) is 45.1 Å². The molecule has 1 saturated heterocycles. The minimum Gasteiger partial charge on any atom is -0.341 e. The van der Waals surface area contributed by atoms with Gasteiger partial charge < -0.3 is 9.88 Å². The Bertz CT molecular complexity index is 803. The summed E-state index contributed by atoms with van der Waals surface area (Å²) in [5.74, 6) is 0.387. The number of aryl methyl sites for hydroxylation is 2. The van der Waals surface area contributed by atoms with Crippen LogP contribution in [0, 0.1) is 5.92 Å². The quantitative estimate of drug-likeness (QED) is 0.914. The summed E-state index contributed by atoms with van der Waals surface area (Å²) < 4.78 is 1.64. The van der Waals surface area contributed by atoms with Crippen LogP contribution in [0.1, 0.15) is 47.4 Å². The topological polar surface area (TPSA) is 83.9 Å². The third-order valence-corrected chi connectivity index (χ3v) is 5.34. The number of fused-ring (bicyclic) bond motifs is 1. The highest BCUT2D eigenvalue weighted by atomic mass is 16.2. The number of imidazole rings is 1. The first-order chi connectivity index (χ1) is 12.2. The molecule has 7 heteroatoms. The van der Waals surface area contributed by atoms with E-state index in [9.17, 15) is 9.59 Å². The summed E-state index contributed by atoms with van der Waals surface area (Å²) in [6.07, 6.45) is 9.14. The van der Waals surface area contributed by atoms with Gasteiger partial charge in [0.2, 0.25) is 0 Å². The van der Waals surface area contributed by atoms with Gasteiger partial charge in [0.15, 0.2) is 0 Å². The molecule has 0 unspecified atom stereocenters. The second-order valence-electron chi connectivity index (χ2n) is 7.04. The predicted octanol–water partition coefficient (Wildman–Crippen LogP) is 1.40. The molecule has 0 bridgehead atoms. The fourth-order valence-electron chi connectivity index (χ4n) is 3.84. The first-order valence-corrected chi connectivity index (χ1v) is 9.08. The van der Waals surface area contributed by atoms with E-state index in [2.05, 4.69) is 15.1 Å². The summed E-state index contributed by atoms with van der Waals surface area (Å²) in [6.45, 7) is 2.07. The Morgan fingerprint density at radius 2 is 2.04 bits per heavy atom. The fourth-order valence-corrected chi connectivity index (χ4v) is 3.84. The number of hydrogen-bond donors (Lipinski definition) is 1. The molecular weight excluding hydrogens is 318 g/mol. The van der Waals surface area contributed by atoms with Crippen LogP contribution in [0.5, 0.6) is 0 Å². The second-order valence-corrected chi connectivity index (χ2v) is 7.04. The van der Waals surface area contributed by atoms with Crippen molar-refractivity contribution in [2.75, 3.05) is 13.1 Å². The van der Waals surface area contributed by atoms with Gasteiger partial charge in [-0.15, -0.1) is 0 Å². The number of H-pyrrole nitrogens is 1. The van der Waals surface area contributed by atoms with Crippen molar-refractivity contribution in [1.29, 1.82) is 0 Å². The summed E-state index contributed by atoms with van der Waals surface area (Å²) in [5.41, 5.74) is 2.77. The number of hydrogen-bond acceptors (Lipinski definition) is 4. The molecule has 0 radical (unpaired) electrons. The normalized spacial score (nSPS) is 18.2. The van der Waals surface area contributed by atoms with Crippen molar-refractivity contribution in [3.8, 4) is 0 Å². The number of aromatic nitrogens is 4. The van der Waals surface area contributed by atoms with E-state index in [1.54, 1.807) is 16.9 Å². The molecule has 2 aromatic heterocycles. The first-order valence-electron chi connectivity index (χ1n) is 9.08. The van der Waals surface area contributed by atoms with Crippen LogP contribution in [0.25, 0.3) is 0 Å². The Labute approximate surface area is 146 Å². The summed E-state index contributed by atoms with van der Waals surface area (Å²) in [4.78, 5) is 33.3. The second kappa shape index (κ2) is 6.82. The summed E-state index contributed by atoms with van der Waals surface area (Å²) in [6, 6.07) is 1.78. The molecular formula is C18H23N5O2. The standard InChI is InChI=1S/C18H23N5O2/c24-17-9-14-3-1-2-4-15(14)21-23(17)11-13-5-7-22(8-6-13)18(25)16-10-19-12-20-16/h9-10,12-13H,1-8,11H2,(H,19,20). The molecule has 7 nitrogen and oxygen atoms in total. The lowest BCUT2D eigenvalue weighted by atomic mass is 9.95. The number of nitrogens with one attached hydrogen (secondary N) is 1. The molecule has 1 fully saturated rings. The monoisotopic (exact) mass is 341 g/mol. The van der Waals surface area contributed by atoms with Gasteiger partial charge in [-0.2, -0.15) is 5.10 Å². The van der Waals surface area contributed by atoms with Gasteiger partial charge in [-0.3, -0.25) is 9.59 Å². The molecule has 0 spiro atoms. The van der Waals surface area contributed by atoms with E-state index in [0.29, 0.717) is 31.2 Å². The van der Waals surface area contributed by atoms with Gasteiger partial charge in [-0.05, 0) is 50.0 Å². The number of nitrogens with zero attached hydrogens (tertiary/aromatic N) is 4. The van der Waals surface area contributed by atoms with Gasteiger partial charge in [-0.25, -0.2) is 9.67 Å². The highest BCUT2D eigenvalue weighted by Crippen LogP contribution is 2.21. The molecule has 3 heterocycles. The summed E-state index contributed by atoms with van der Waals surface area (Å²) in [7, 11) is 0. The minimum atomic E-state index is 0.0000210. The van der Waals surface area contributed by atoms with Crippen molar-refractivity contribution in [1.82, 2.24) is 24.6 Å². The van der Waals surface area contributed by atoms with Crippen LogP contribution >= 0.6 is 0 Å².